The summed E-state index contributed by atoms with van der Waals surface area (Å²) < 4.78 is 16.6. The maximum absolute atomic E-state index is 5.99. The van der Waals surface area contributed by atoms with Gasteiger partial charge in [0.15, 0.2) is 3.79 Å². The van der Waals surface area contributed by atoms with Gasteiger partial charge >= 0.3 is 0 Å². The van der Waals surface area contributed by atoms with Gasteiger partial charge in [-0.05, 0) is 40.0 Å². The first-order valence-electron chi connectivity index (χ1n) is 9.83. The van der Waals surface area contributed by atoms with Crippen molar-refractivity contribution in [3.05, 3.63) is 0 Å². The predicted octanol–water partition coefficient (Wildman–Crippen LogP) is 7.27. The van der Waals surface area contributed by atoms with Gasteiger partial charge in [-0.1, -0.05) is 80.3 Å². The molecule has 0 heterocycles. The van der Waals surface area contributed by atoms with E-state index in [2.05, 4.69) is 6.92 Å². The standard InChI is InChI=1S/C19H37Cl3O3/c1-5-9-10-11-12-13-14-17(15-16-18(20,21)22)19(23-6-2,24-7-3)25-8-4/h17H,5-16H2,1-4H3. The number of unbranched alkanes of at least 4 members (excludes halogenated alkanes) is 5. The Morgan fingerprint density at radius 2 is 1.16 bits per heavy atom. The van der Waals surface area contributed by atoms with Gasteiger partial charge in [0.05, 0.1) is 0 Å². The lowest BCUT2D eigenvalue weighted by molar-refractivity contribution is -0.403. The van der Waals surface area contributed by atoms with Gasteiger partial charge in [0.2, 0.25) is 0 Å². The zero-order valence-corrected chi connectivity index (χ0v) is 18.7. The molecule has 0 amide bonds. The molecule has 1 unspecified atom stereocenters. The molecule has 3 nitrogen and oxygen atoms in total. The molecule has 0 bridgehead atoms. The summed E-state index contributed by atoms with van der Waals surface area (Å²) in [5.41, 5.74) is 0. The maximum atomic E-state index is 5.99. The van der Waals surface area contributed by atoms with Crippen LogP contribution in [0.3, 0.4) is 0 Å². The SMILES string of the molecule is CCCCCCCCC(CCC(Cl)(Cl)Cl)C(OCC)(OCC)OCC. The predicted molar refractivity (Wildman–Crippen MR) is 109 cm³/mol. The van der Waals surface area contributed by atoms with Crippen molar-refractivity contribution in [1.29, 1.82) is 0 Å². The normalized spacial score (nSPS) is 14.0. The lowest BCUT2D eigenvalue weighted by Crippen LogP contribution is -2.47. The lowest BCUT2D eigenvalue weighted by Gasteiger charge is -2.39. The third-order valence-electron chi connectivity index (χ3n) is 4.22. The van der Waals surface area contributed by atoms with E-state index in [4.69, 9.17) is 49.0 Å². The highest BCUT2D eigenvalue weighted by Gasteiger charge is 2.42. The van der Waals surface area contributed by atoms with Crippen molar-refractivity contribution in [1.82, 2.24) is 0 Å². The summed E-state index contributed by atoms with van der Waals surface area (Å²) in [5, 5.41) is 0. The molecule has 0 aromatic heterocycles. The van der Waals surface area contributed by atoms with E-state index in [0.29, 0.717) is 32.7 Å². The summed E-state index contributed by atoms with van der Waals surface area (Å²) in [7, 11) is 0. The minimum absolute atomic E-state index is 0.0363. The quantitative estimate of drug-likeness (QED) is 0.149. The van der Waals surface area contributed by atoms with E-state index in [1.807, 2.05) is 20.8 Å². The van der Waals surface area contributed by atoms with Gasteiger partial charge in [0.1, 0.15) is 0 Å². The summed E-state index contributed by atoms with van der Waals surface area (Å²) in [6.07, 6.45) is 9.49. The van der Waals surface area contributed by atoms with Crippen LogP contribution in [0.15, 0.2) is 0 Å². The van der Waals surface area contributed by atoms with E-state index in [1.54, 1.807) is 0 Å². The Morgan fingerprint density at radius 1 is 0.680 bits per heavy atom. The molecule has 0 spiro atoms. The van der Waals surface area contributed by atoms with Crippen LogP contribution in [0.1, 0.15) is 85.5 Å². The Bertz CT molecular complexity index is 292. The van der Waals surface area contributed by atoms with Gasteiger partial charge in [0, 0.05) is 25.7 Å². The summed E-state index contributed by atoms with van der Waals surface area (Å²) in [4.78, 5) is 0. The zero-order chi connectivity index (χ0) is 19.2. The number of ether oxygens (including phenoxy) is 3. The second kappa shape index (κ2) is 14.8. The molecular formula is C19H37Cl3O3. The second-order valence-corrected chi connectivity index (χ2v) is 8.83. The molecular weight excluding hydrogens is 383 g/mol. The number of hydrogen-bond donors (Lipinski definition) is 0. The number of rotatable bonds is 16. The van der Waals surface area contributed by atoms with Crippen LogP contribution < -0.4 is 0 Å². The fraction of sp³-hybridized carbons (Fsp3) is 1.00. The zero-order valence-electron chi connectivity index (χ0n) is 16.4. The molecule has 0 aromatic rings. The van der Waals surface area contributed by atoms with Gasteiger partial charge < -0.3 is 14.2 Å². The van der Waals surface area contributed by atoms with Crippen molar-refractivity contribution in [3.63, 3.8) is 0 Å². The average Bonchev–Trinajstić information content (AvgIpc) is 2.53. The smallest absolute Gasteiger partial charge is 0.285 e. The largest absolute Gasteiger partial charge is 0.328 e. The Labute approximate surface area is 170 Å². The highest BCUT2D eigenvalue weighted by Crippen LogP contribution is 2.39. The van der Waals surface area contributed by atoms with Crippen LogP contribution in [0.25, 0.3) is 0 Å². The molecule has 0 radical (unpaired) electrons. The van der Waals surface area contributed by atoms with Gasteiger partial charge in [-0.3, -0.25) is 0 Å². The van der Waals surface area contributed by atoms with Crippen LogP contribution in [0, 0.1) is 5.92 Å². The van der Waals surface area contributed by atoms with Crippen LogP contribution in [0.2, 0.25) is 0 Å². The van der Waals surface area contributed by atoms with Crippen molar-refractivity contribution < 1.29 is 14.2 Å². The molecule has 25 heavy (non-hydrogen) atoms. The van der Waals surface area contributed by atoms with E-state index in [9.17, 15) is 0 Å². The molecule has 0 saturated heterocycles. The number of halogens is 3. The van der Waals surface area contributed by atoms with Crippen LogP contribution in [0.5, 0.6) is 0 Å². The first-order valence-corrected chi connectivity index (χ1v) is 11.0. The third kappa shape index (κ3) is 11.9. The Balaban J connectivity index is 4.94. The van der Waals surface area contributed by atoms with Gasteiger partial charge in [-0.25, -0.2) is 0 Å². The Kier molecular flexibility index (Phi) is 15.2. The summed E-state index contributed by atoms with van der Waals surface area (Å²) in [6.45, 7) is 9.62. The van der Waals surface area contributed by atoms with E-state index < -0.39 is 9.77 Å². The van der Waals surface area contributed by atoms with Crippen LogP contribution in [-0.4, -0.2) is 29.6 Å². The van der Waals surface area contributed by atoms with Crippen molar-refractivity contribution in [2.45, 2.75) is 95.2 Å². The van der Waals surface area contributed by atoms with E-state index in [-0.39, 0.29) is 5.92 Å². The highest BCUT2D eigenvalue weighted by atomic mass is 35.6. The Morgan fingerprint density at radius 3 is 1.60 bits per heavy atom. The Hall–Kier alpha value is 0.750. The van der Waals surface area contributed by atoms with Gasteiger partial charge in [-0.15, -0.1) is 0 Å². The molecule has 1 atom stereocenters. The molecule has 0 fully saturated rings. The highest BCUT2D eigenvalue weighted by molar-refractivity contribution is 6.67. The van der Waals surface area contributed by atoms with Crippen LogP contribution in [-0.2, 0) is 14.2 Å². The van der Waals surface area contributed by atoms with E-state index in [0.717, 1.165) is 12.8 Å². The van der Waals surface area contributed by atoms with Crippen LogP contribution in [0.4, 0.5) is 0 Å². The molecule has 0 N–H and O–H groups in total. The lowest BCUT2D eigenvalue weighted by atomic mass is 9.93. The summed E-state index contributed by atoms with van der Waals surface area (Å²) in [6, 6.07) is 0. The first kappa shape index (κ1) is 25.8. The number of alkyl halides is 3. The fourth-order valence-electron chi connectivity index (χ4n) is 3.09. The molecule has 152 valence electrons. The minimum Gasteiger partial charge on any atom is -0.328 e. The molecule has 0 rings (SSSR count). The summed E-state index contributed by atoms with van der Waals surface area (Å²) >= 11 is 18.0. The topological polar surface area (TPSA) is 27.7 Å². The average molecular weight is 420 g/mol. The van der Waals surface area contributed by atoms with Gasteiger partial charge in [-0.2, -0.15) is 0 Å². The minimum atomic E-state index is -1.27. The molecule has 0 aromatic carbocycles. The molecule has 0 aliphatic heterocycles. The van der Waals surface area contributed by atoms with Gasteiger partial charge in [0.25, 0.3) is 5.97 Å². The van der Waals surface area contributed by atoms with Crippen LogP contribution >= 0.6 is 34.8 Å². The number of hydrogen-bond acceptors (Lipinski definition) is 3. The second-order valence-electron chi connectivity index (χ2n) is 6.31. The van der Waals surface area contributed by atoms with Crippen molar-refractivity contribution in [3.8, 4) is 0 Å². The van der Waals surface area contributed by atoms with Crippen molar-refractivity contribution in [2.75, 3.05) is 19.8 Å². The van der Waals surface area contributed by atoms with E-state index >= 15 is 0 Å². The fourth-order valence-corrected chi connectivity index (χ4v) is 3.42. The van der Waals surface area contributed by atoms with Crippen molar-refractivity contribution in [2.24, 2.45) is 5.92 Å². The molecule has 6 heteroatoms. The van der Waals surface area contributed by atoms with Crippen molar-refractivity contribution >= 4 is 34.8 Å². The first-order chi connectivity index (χ1) is 11.8. The molecule has 0 aliphatic rings. The monoisotopic (exact) mass is 418 g/mol. The maximum Gasteiger partial charge on any atom is 0.285 e. The van der Waals surface area contributed by atoms with E-state index in [1.165, 1.54) is 32.1 Å². The molecule has 0 aliphatic carbocycles. The summed E-state index contributed by atoms with van der Waals surface area (Å²) in [5.74, 6) is -1.01. The third-order valence-corrected chi connectivity index (χ3v) is 4.79. The molecule has 0 saturated carbocycles.